The highest BCUT2D eigenvalue weighted by Crippen LogP contribution is 2.21. The quantitative estimate of drug-likeness (QED) is 0.611. The highest BCUT2D eigenvalue weighted by molar-refractivity contribution is 5.97. The number of ether oxygens (including phenoxy) is 1. The van der Waals surface area contributed by atoms with Crippen LogP contribution in [0.3, 0.4) is 0 Å². The number of anilines is 1. The normalized spacial score (nSPS) is 9.73. The van der Waals surface area contributed by atoms with Crippen LogP contribution in [0.1, 0.15) is 10.4 Å². The molecule has 0 saturated carbocycles. The van der Waals surface area contributed by atoms with Crippen molar-refractivity contribution in [2.24, 2.45) is 0 Å². The molecular weight excluding hydrogens is 196 g/mol. The van der Waals surface area contributed by atoms with Gasteiger partial charge < -0.3 is 20.9 Å². The SMILES string of the molecule is COc1cc(N)ccc1C(=O)NCCO. The van der Waals surface area contributed by atoms with Gasteiger partial charge in [-0.2, -0.15) is 0 Å². The smallest absolute Gasteiger partial charge is 0.255 e. The summed E-state index contributed by atoms with van der Waals surface area (Å²) < 4.78 is 5.02. The Balaban J connectivity index is 2.87. The molecule has 15 heavy (non-hydrogen) atoms. The van der Waals surface area contributed by atoms with Gasteiger partial charge in [0.1, 0.15) is 5.75 Å². The van der Waals surface area contributed by atoms with E-state index in [1.165, 1.54) is 7.11 Å². The van der Waals surface area contributed by atoms with Crippen molar-refractivity contribution in [3.05, 3.63) is 23.8 Å². The lowest BCUT2D eigenvalue weighted by molar-refractivity contribution is 0.0942. The van der Waals surface area contributed by atoms with Crippen LogP contribution in [-0.4, -0.2) is 31.3 Å². The van der Waals surface area contributed by atoms with Gasteiger partial charge in [0.2, 0.25) is 0 Å². The first-order valence-corrected chi connectivity index (χ1v) is 4.51. The van der Waals surface area contributed by atoms with Crippen molar-refractivity contribution in [3.63, 3.8) is 0 Å². The van der Waals surface area contributed by atoms with Crippen molar-refractivity contribution in [2.75, 3.05) is 26.0 Å². The van der Waals surface area contributed by atoms with E-state index in [4.69, 9.17) is 15.6 Å². The summed E-state index contributed by atoms with van der Waals surface area (Å²) in [5.74, 6) is 0.131. The molecule has 0 aromatic heterocycles. The molecule has 0 bridgehead atoms. The van der Waals surface area contributed by atoms with Crippen LogP contribution in [0, 0.1) is 0 Å². The molecule has 4 N–H and O–H groups in total. The third-order valence-corrected chi connectivity index (χ3v) is 1.87. The summed E-state index contributed by atoms with van der Waals surface area (Å²) in [5, 5.41) is 11.1. The molecule has 1 aromatic carbocycles. The van der Waals surface area contributed by atoms with E-state index in [1.54, 1.807) is 18.2 Å². The Kier molecular flexibility index (Phi) is 3.93. The highest BCUT2D eigenvalue weighted by Gasteiger charge is 2.11. The first-order valence-electron chi connectivity index (χ1n) is 4.51. The molecule has 0 aliphatic rings. The van der Waals surface area contributed by atoms with Crippen molar-refractivity contribution >= 4 is 11.6 Å². The minimum Gasteiger partial charge on any atom is -0.496 e. The zero-order valence-corrected chi connectivity index (χ0v) is 8.49. The van der Waals surface area contributed by atoms with Gasteiger partial charge in [0.15, 0.2) is 0 Å². The molecule has 0 unspecified atom stereocenters. The Bertz CT molecular complexity index is 353. The van der Waals surface area contributed by atoms with Gasteiger partial charge in [0, 0.05) is 18.3 Å². The number of rotatable bonds is 4. The molecule has 0 spiro atoms. The minimum absolute atomic E-state index is 0.0942. The van der Waals surface area contributed by atoms with E-state index >= 15 is 0 Å². The fourth-order valence-corrected chi connectivity index (χ4v) is 1.16. The van der Waals surface area contributed by atoms with Crippen molar-refractivity contribution < 1.29 is 14.6 Å². The second kappa shape index (κ2) is 5.21. The number of nitrogens with two attached hydrogens (primary N) is 1. The molecule has 0 saturated heterocycles. The number of amides is 1. The third-order valence-electron chi connectivity index (χ3n) is 1.87. The predicted molar refractivity (Wildman–Crippen MR) is 56.8 cm³/mol. The van der Waals surface area contributed by atoms with Crippen LogP contribution >= 0.6 is 0 Å². The van der Waals surface area contributed by atoms with Crippen molar-refractivity contribution in [1.29, 1.82) is 0 Å². The molecule has 0 heterocycles. The maximum absolute atomic E-state index is 11.6. The fraction of sp³-hybridized carbons (Fsp3) is 0.300. The van der Waals surface area contributed by atoms with Crippen LogP contribution in [0.4, 0.5) is 5.69 Å². The van der Waals surface area contributed by atoms with Crippen LogP contribution in [-0.2, 0) is 0 Å². The average Bonchev–Trinajstić information content (AvgIpc) is 2.25. The van der Waals surface area contributed by atoms with Crippen molar-refractivity contribution in [2.45, 2.75) is 0 Å². The number of carbonyl (C=O) groups excluding carboxylic acids is 1. The summed E-state index contributed by atoms with van der Waals surface area (Å²) in [7, 11) is 1.47. The molecule has 1 amide bonds. The van der Waals surface area contributed by atoms with Gasteiger partial charge in [-0.1, -0.05) is 0 Å². The largest absolute Gasteiger partial charge is 0.496 e. The molecule has 1 aromatic rings. The third kappa shape index (κ3) is 2.85. The van der Waals surface area contributed by atoms with Gasteiger partial charge in [0.05, 0.1) is 19.3 Å². The highest BCUT2D eigenvalue weighted by atomic mass is 16.5. The van der Waals surface area contributed by atoms with E-state index in [0.29, 0.717) is 17.0 Å². The lowest BCUT2D eigenvalue weighted by Gasteiger charge is -2.09. The summed E-state index contributed by atoms with van der Waals surface area (Å²) in [6.45, 7) is 0.120. The Morgan fingerprint density at radius 3 is 2.93 bits per heavy atom. The molecule has 82 valence electrons. The van der Waals surface area contributed by atoms with Crippen LogP contribution < -0.4 is 15.8 Å². The average molecular weight is 210 g/mol. The minimum atomic E-state index is -0.291. The summed E-state index contributed by atoms with van der Waals surface area (Å²) in [6.07, 6.45) is 0. The van der Waals surface area contributed by atoms with Gasteiger partial charge in [-0.3, -0.25) is 4.79 Å². The van der Waals surface area contributed by atoms with Crippen LogP contribution in [0.15, 0.2) is 18.2 Å². The van der Waals surface area contributed by atoms with Gasteiger partial charge in [0.25, 0.3) is 5.91 Å². The molecule has 0 fully saturated rings. The van der Waals surface area contributed by atoms with Crippen molar-refractivity contribution in [3.8, 4) is 5.75 Å². The monoisotopic (exact) mass is 210 g/mol. The second-order valence-electron chi connectivity index (χ2n) is 2.94. The zero-order valence-electron chi connectivity index (χ0n) is 8.49. The fourth-order valence-electron chi connectivity index (χ4n) is 1.16. The van der Waals surface area contributed by atoms with E-state index < -0.39 is 0 Å². The standard InChI is InChI=1S/C10H14N2O3/c1-15-9-6-7(11)2-3-8(9)10(14)12-4-5-13/h2-3,6,13H,4-5,11H2,1H3,(H,12,14). The number of hydrogen-bond acceptors (Lipinski definition) is 4. The molecule has 0 aliphatic carbocycles. The Morgan fingerprint density at radius 1 is 1.60 bits per heavy atom. The van der Waals surface area contributed by atoms with Crippen LogP contribution in [0.5, 0.6) is 5.75 Å². The van der Waals surface area contributed by atoms with E-state index in [1.807, 2.05) is 0 Å². The van der Waals surface area contributed by atoms with Gasteiger partial charge >= 0.3 is 0 Å². The number of methoxy groups -OCH3 is 1. The van der Waals surface area contributed by atoms with E-state index in [-0.39, 0.29) is 19.1 Å². The Hall–Kier alpha value is -1.75. The molecule has 5 heteroatoms. The molecular formula is C10H14N2O3. The molecule has 0 radical (unpaired) electrons. The first-order chi connectivity index (χ1) is 7.19. The summed E-state index contributed by atoms with van der Waals surface area (Å²) in [5.41, 5.74) is 6.49. The predicted octanol–water partition coefficient (Wildman–Crippen LogP) is -0.000500. The number of nitrogens with one attached hydrogen (secondary N) is 1. The lowest BCUT2D eigenvalue weighted by Crippen LogP contribution is -2.26. The number of carbonyl (C=O) groups is 1. The van der Waals surface area contributed by atoms with Gasteiger partial charge in [-0.05, 0) is 12.1 Å². The summed E-state index contributed by atoms with van der Waals surface area (Å²) in [6, 6.07) is 4.78. The topological polar surface area (TPSA) is 84.6 Å². The molecule has 5 nitrogen and oxygen atoms in total. The molecule has 1 rings (SSSR count). The first kappa shape index (κ1) is 11.3. The van der Waals surface area contributed by atoms with Crippen LogP contribution in [0.2, 0.25) is 0 Å². The Labute approximate surface area is 87.9 Å². The summed E-state index contributed by atoms with van der Waals surface area (Å²) in [4.78, 5) is 11.6. The number of hydrogen-bond donors (Lipinski definition) is 3. The van der Waals surface area contributed by atoms with Crippen molar-refractivity contribution in [1.82, 2.24) is 5.32 Å². The molecule has 0 atom stereocenters. The Morgan fingerprint density at radius 2 is 2.33 bits per heavy atom. The van der Waals surface area contributed by atoms with Crippen LogP contribution in [0.25, 0.3) is 0 Å². The second-order valence-corrected chi connectivity index (χ2v) is 2.94. The lowest BCUT2D eigenvalue weighted by atomic mass is 10.1. The van der Waals surface area contributed by atoms with Gasteiger partial charge in [-0.15, -0.1) is 0 Å². The van der Waals surface area contributed by atoms with E-state index in [2.05, 4.69) is 5.32 Å². The summed E-state index contributed by atoms with van der Waals surface area (Å²) >= 11 is 0. The number of nitrogen functional groups attached to an aromatic ring is 1. The van der Waals surface area contributed by atoms with E-state index in [9.17, 15) is 4.79 Å². The number of aliphatic hydroxyl groups excluding tert-OH is 1. The molecule has 0 aliphatic heterocycles. The number of aliphatic hydroxyl groups is 1. The maximum atomic E-state index is 11.6. The maximum Gasteiger partial charge on any atom is 0.255 e. The number of benzene rings is 1. The zero-order chi connectivity index (χ0) is 11.3. The van der Waals surface area contributed by atoms with E-state index in [0.717, 1.165) is 0 Å². The van der Waals surface area contributed by atoms with Gasteiger partial charge in [-0.25, -0.2) is 0 Å².